The standard InChI is InChI=1S/C21H17ClN2OS/c1-13-5-4-6-14(11-13)9-10-23-21(25)18-12-16-19(26-18)15-7-2-3-8-17(15)24-20(16)22/h2-8,11-12H,9-10H2,1H3,(H,23,25). The van der Waals surface area contributed by atoms with Crippen LogP contribution in [0.1, 0.15) is 20.8 Å². The summed E-state index contributed by atoms with van der Waals surface area (Å²) in [5.41, 5.74) is 3.30. The Balaban J connectivity index is 1.55. The molecule has 2 aromatic heterocycles. The van der Waals surface area contributed by atoms with Gasteiger partial charge in [0.1, 0.15) is 5.15 Å². The zero-order valence-electron chi connectivity index (χ0n) is 14.3. The monoisotopic (exact) mass is 380 g/mol. The number of carbonyl (C=O) groups is 1. The number of para-hydroxylation sites is 1. The molecule has 0 bridgehead atoms. The van der Waals surface area contributed by atoms with E-state index in [1.54, 1.807) is 0 Å². The first-order valence-corrected chi connectivity index (χ1v) is 9.63. The maximum Gasteiger partial charge on any atom is 0.261 e. The second-order valence-electron chi connectivity index (χ2n) is 6.27. The van der Waals surface area contributed by atoms with Crippen molar-refractivity contribution in [1.29, 1.82) is 0 Å². The summed E-state index contributed by atoms with van der Waals surface area (Å²) in [5.74, 6) is -0.0704. The van der Waals surface area contributed by atoms with E-state index in [1.807, 2.05) is 36.4 Å². The van der Waals surface area contributed by atoms with E-state index in [4.69, 9.17) is 11.6 Å². The molecule has 3 nitrogen and oxygen atoms in total. The van der Waals surface area contributed by atoms with Crippen LogP contribution in [0, 0.1) is 6.92 Å². The highest BCUT2D eigenvalue weighted by Gasteiger charge is 2.15. The maximum atomic E-state index is 12.6. The number of amides is 1. The number of rotatable bonds is 4. The zero-order valence-corrected chi connectivity index (χ0v) is 15.8. The molecule has 1 amide bonds. The molecule has 0 radical (unpaired) electrons. The van der Waals surface area contributed by atoms with Crippen molar-refractivity contribution in [2.75, 3.05) is 6.54 Å². The number of thiophene rings is 1. The van der Waals surface area contributed by atoms with Gasteiger partial charge in [0.25, 0.3) is 5.91 Å². The second kappa shape index (κ2) is 7.06. The average Bonchev–Trinajstić information content (AvgIpc) is 3.08. The minimum Gasteiger partial charge on any atom is -0.351 e. The molecule has 5 heteroatoms. The van der Waals surface area contributed by atoms with Crippen LogP contribution < -0.4 is 5.32 Å². The molecule has 2 aromatic carbocycles. The molecular weight excluding hydrogens is 364 g/mol. The van der Waals surface area contributed by atoms with E-state index >= 15 is 0 Å². The van der Waals surface area contributed by atoms with Gasteiger partial charge in [-0.05, 0) is 31.0 Å². The smallest absolute Gasteiger partial charge is 0.261 e. The minimum absolute atomic E-state index is 0.0704. The number of hydrogen-bond donors (Lipinski definition) is 1. The van der Waals surface area contributed by atoms with Gasteiger partial charge in [-0.15, -0.1) is 11.3 Å². The topological polar surface area (TPSA) is 42.0 Å². The molecule has 0 fully saturated rings. The molecular formula is C21H17ClN2OS. The second-order valence-corrected chi connectivity index (χ2v) is 7.68. The number of hydrogen-bond acceptors (Lipinski definition) is 3. The number of nitrogens with zero attached hydrogens (tertiary/aromatic N) is 1. The fourth-order valence-electron chi connectivity index (χ4n) is 3.06. The van der Waals surface area contributed by atoms with Crippen molar-refractivity contribution in [3.63, 3.8) is 0 Å². The van der Waals surface area contributed by atoms with Crippen LogP contribution in [0.25, 0.3) is 21.0 Å². The van der Waals surface area contributed by atoms with Crippen LogP contribution in [0.15, 0.2) is 54.6 Å². The Kier molecular flexibility index (Phi) is 4.62. The zero-order chi connectivity index (χ0) is 18.1. The molecule has 0 saturated carbocycles. The normalized spacial score (nSPS) is 11.2. The summed E-state index contributed by atoms with van der Waals surface area (Å²) in [6.45, 7) is 2.67. The number of pyridine rings is 1. The molecule has 130 valence electrons. The Morgan fingerprint density at radius 2 is 1.96 bits per heavy atom. The van der Waals surface area contributed by atoms with E-state index in [-0.39, 0.29) is 5.91 Å². The summed E-state index contributed by atoms with van der Waals surface area (Å²) in [4.78, 5) is 17.6. The Bertz CT molecular complexity index is 1120. The highest BCUT2D eigenvalue weighted by Crippen LogP contribution is 2.35. The van der Waals surface area contributed by atoms with Crippen molar-refractivity contribution in [2.45, 2.75) is 13.3 Å². The van der Waals surface area contributed by atoms with E-state index in [0.717, 1.165) is 27.4 Å². The van der Waals surface area contributed by atoms with Gasteiger partial charge in [-0.3, -0.25) is 4.79 Å². The van der Waals surface area contributed by atoms with E-state index < -0.39 is 0 Å². The first-order valence-electron chi connectivity index (χ1n) is 8.43. The maximum absolute atomic E-state index is 12.6. The third-order valence-electron chi connectivity index (χ3n) is 4.33. The van der Waals surface area contributed by atoms with Crippen LogP contribution in [0.3, 0.4) is 0 Å². The Morgan fingerprint density at radius 3 is 2.81 bits per heavy atom. The lowest BCUT2D eigenvalue weighted by molar-refractivity contribution is 0.0958. The van der Waals surface area contributed by atoms with Crippen LogP contribution in [-0.2, 0) is 6.42 Å². The number of benzene rings is 2. The largest absolute Gasteiger partial charge is 0.351 e. The average molecular weight is 381 g/mol. The molecule has 1 N–H and O–H groups in total. The highest BCUT2D eigenvalue weighted by molar-refractivity contribution is 7.21. The number of nitrogens with one attached hydrogen (secondary N) is 1. The van der Waals surface area contributed by atoms with Gasteiger partial charge in [-0.1, -0.05) is 59.6 Å². The van der Waals surface area contributed by atoms with Crippen LogP contribution in [-0.4, -0.2) is 17.4 Å². The predicted molar refractivity (Wildman–Crippen MR) is 109 cm³/mol. The van der Waals surface area contributed by atoms with Gasteiger partial charge < -0.3 is 5.32 Å². The molecule has 0 aliphatic rings. The summed E-state index contributed by atoms with van der Waals surface area (Å²) in [7, 11) is 0. The number of fused-ring (bicyclic) bond motifs is 3. The molecule has 0 aliphatic heterocycles. The first-order chi connectivity index (χ1) is 12.6. The molecule has 0 spiro atoms. The summed E-state index contributed by atoms with van der Waals surface area (Å²) in [6, 6.07) is 18.0. The molecule has 0 saturated heterocycles. The van der Waals surface area contributed by atoms with Gasteiger partial charge in [0.15, 0.2) is 0 Å². The van der Waals surface area contributed by atoms with E-state index in [0.29, 0.717) is 16.6 Å². The van der Waals surface area contributed by atoms with Crippen LogP contribution in [0.5, 0.6) is 0 Å². The van der Waals surface area contributed by atoms with Gasteiger partial charge in [0.2, 0.25) is 0 Å². The molecule has 4 rings (SSSR count). The molecule has 0 atom stereocenters. The quantitative estimate of drug-likeness (QED) is 0.482. The molecule has 0 aliphatic carbocycles. The molecule has 2 heterocycles. The van der Waals surface area contributed by atoms with Gasteiger partial charge in [-0.2, -0.15) is 0 Å². The third kappa shape index (κ3) is 3.30. The summed E-state index contributed by atoms with van der Waals surface area (Å²) in [5, 5.41) is 5.30. The summed E-state index contributed by atoms with van der Waals surface area (Å²) >= 11 is 7.78. The number of aryl methyl sites for hydroxylation is 1. The van der Waals surface area contributed by atoms with E-state index in [2.05, 4.69) is 35.4 Å². The number of aromatic nitrogens is 1. The van der Waals surface area contributed by atoms with Gasteiger partial charge >= 0.3 is 0 Å². The third-order valence-corrected chi connectivity index (χ3v) is 5.78. The predicted octanol–water partition coefficient (Wildman–Crippen LogP) is 5.38. The lowest BCUT2D eigenvalue weighted by Crippen LogP contribution is -2.24. The Labute approximate surface area is 160 Å². The minimum atomic E-state index is -0.0704. The van der Waals surface area contributed by atoms with E-state index in [1.165, 1.54) is 22.5 Å². The van der Waals surface area contributed by atoms with Crippen molar-refractivity contribution in [2.24, 2.45) is 0 Å². The fourth-order valence-corrected chi connectivity index (χ4v) is 4.47. The van der Waals surface area contributed by atoms with Crippen LogP contribution >= 0.6 is 22.9 Å². The lowest BCUT2D eigenvalue weighted by atomic mass is 10.1. The SMILES string of the molecule is Cc1cccc(CCNC(=O)c2cc3c(Cl)nc4ccccc4c3s2)c1. The van der Waals surface area contributed by atoms with Crippen molar-refractivity contribution < 1.29 is 4.79 Å². The summed E-state index contributed by atoms with van der Waals surface area (Å²) in [6.07, 6.45) is 0.809. The first kappa shape index (κ1) is 17.0. The lowest BCUT2D eigenvalue weighted by Gasteiger charge is -2.04. The summed E-state index contributed by atoms with van der Waals surface area (Å²) < 4.78 is 1.00. The molecule has 4 aromatic rings. The molecule has 0 unspecified atom stereocenters. The van der Waals surface area contributed by atoms with E-state index in [9.17, 15) is 4.79 Å². The van der Waals surface area contributed by atoms with Crippen molar-refractivity contribution >= 4 is 49.8 Å². The molecule has 26 heavy (non-hydrogen) atoms. The van der Waals surface area contributed by atoms with Crippen molar-refractivity contribution in [3.05, 3.63) is 75.8 Å². The van der Waals surface area contributed by atoms with Crippen molar-refractivity contribution in [3.8, 4) is 0 Å². The van der Waals surface area contributed by atoms with Gasteiger partial charge in [0, 0.05) is 22.0 Å². The Morgan fingerprint density at radius 1 is 1.12 bits per heavy atom. The number of carbonyl (C=O) groups excluding carboxylic acids is 1. The van der Waals surface area contributed by atoms with Gasteiger partial charge in [0.05, 0.1) is 10.4 Å². The van der Waals surface area contributed by atoms with Crippen LogP contribution in [0.2, 0.25) is 5.15 Å². The highest BCUT2D eigenvalue weighted by atomic mass is 35.5. The van der Waals surface area contributed by atoms with Crippen molar-refractivity contribution in [1.82, 2.24) is 10.3 Å². The van der Waals surface area contributed by atoms with Gasteiger partial charge in [-0.25, -0.2) is 4.98 Å². The number of halogens is 1. The Hall–Kier alpha value is -2.43. The fraction of sp³-hybridized carbons (Fsp3) is 0.143. The van der Waals surface area contributed by atoms with Crippen LogP contribution in [0.4, 0.5) is 0 Å².